The van der Waals surface area contributed by atoms with Gasteiger partial charge in [-0.05, 0) is 43.0 Å². The average molecular weight is 364 g/mol. The molecule has 1 aromatic carbocycles. The van der Waals surface area contributed by atoms with E-state index >= 15 is 0 Å². The quantitative estimate of drug-likeness (QED) is 0.845. The number of hydrogen-bond acceptors (Lipinski definition) is 3. The number of piperidine rings is 1. The van der Waals surface area contributed by atoms with E-state index in [0.717, 1.165) is 25.2 Å². The van der Waals surface area contributed by atoms with Crippen molar-refractivity contribution >= 4 is 40.5 Å². The van der Waals surface area contributed by atoms with Gasteiger partial charge in [0.25, 0.3) is 5.91 Å². The highest BCUT2D eigenvalue weighted by atomic mass is 35.5. The van der Waals surface area contributed by atoms with Crippen molar-refractivity contribution in [1.82, 2.24) is 4.98 Å². The molecule has 0 radical (unpaired) electrons. The second-order valence-corrected chi connectivity index (χ2v) is 7.05. The van der Waals surface area contributed by atoms with E-state index in [9.17, 15) is 4.79 Å². The van der Waals surface area contributed by atoms with Gasteiger partial charge in [-0.3, -0.25) is 9.78 Å². The van der Waals surface area contributed by atoms with Crippen LogP contribution in [0.1, 0.15) is 30.1 Å². The van der Waals surface area contributed by atoms with Crippen LogP contribution in [0.25, 0.3) is 0 Å². The monoisotopic (exact) mass is 363 g/mol. The first-order valence-corrected chi connectivity index (χ1v) is 8.75. The van der Waals surface area contributed by atoms with Crippen LogP contribution in [0.2, 0.25) is 10.0 Å². The van der Waals surface area contributed by atoms with E-state index in [1.165, 1.54) is 6.42 Å². The van der Waals surface area contributed by atoms with Crippen molar-refractivity contribution in [3.63, 3.8) is 0 Å². The molecule has 3 rings (SSSR count). The molecule has 1 saturated heterocycles. The molecule has 1 unspecified atom stereocenters. The lowest BCUT2D eigenvalue weighted by Crippen LogP contribution is -2.34. The first kappa shape index (κ1) is 17.1. The zero-order chi connectivity index (χ0) is 17.1. The number of pyridine rings is 1. The minimum absolute atomic E-state index is 0.237. The maximum atomic E-state index is 12.5. The van der Waals surface area contributed by atoms with E-state index in [-0.39, 0.29) is 5.91 Å². The van der Waals surface area contributed by atoms with Gasteiger partial charge in [0.05, 0.1) is 28.2 Å². The first-order valence-electron chi connectivity index (χ1n) is 7.99. The molecule has 1 amide bonds. The Hall–Kier alpha value is -1.78. The van der Waals surface area contributed by atoms with Gasteiger partial charge in [-0.1, -0.05) is 30.1 Å². The van der Waals surface area contributed by atoms with Gasteiger partial charge < -0.3 is 10.2 Å². The Kier molecular flexibility index (Phi) is 5.27. The summed E-state index contributed by atoms with van der Waals surface area (Å²) in [5, 5.41) is 3.74. The number of hydrogen-bond donors (Lipinski definition) is 1. The Morgan fingerprint density at radius 2 is 2.12 bits per heavy atom. The largest absolute Gasteiger partial charge is 0.370 e. The molecule has 1 N–H and O–H groups in total. The molecule has 24 heavy (non-hydrogen) atoms. The Morgan fingerprint density at radius 1 is 1.29 bits per heavy atom. The molecule has 4 nitrogen and oxygen atoms in total. The molecule has 2 heterocycles. The van der Waals surface area contributed by atoms with Crippen molar-refractivity contribution in [2.45, 2.75) is 19.8 Å². The molecule has 0 bridgehead atoms. The maximum absolute atomic E-state index is 12.5. The van der Waals surface area contributed by atoms with Gasteiger partial charge in [0.2, 0.25) is 0 Å². The maximum Gasteiger partial charge on any atom is 0.257 e. The lowest BCUT2D eigenvalue weighted by molar-refractivity contribution is 0.102. The summed E-state index contributed by atoms with van der Waals surface area (Å²) in [7, 11) is 0. The predicted molar refractivity (Wildman–Crippen MR) is 99.3 cm³/mol. The van der Waals surface area contributed by atoms with Gasteiger partial charge in [-0.15, -0.1) is 0 Å². The summed E-state index contributed by atoms with van der Waals surface area (Å²) in [4.78, 5) is 19.0. The van der Waals surface area contributed by atoms with E-state index in [1.54, 1.807) is 24.4 Å². The third-order valence-corrected chi connectivity index (χ3v) is 4.74. The fourth-order valence-corrected chi connectivity index (χ4v) is 3.39. The number of aromatic nitrogens is 1. The van der Waals surface area contributed by atoms with E-state index in [0.29, 0.717) is 27.2 Å². The number of nitrogens with one attached hydrogen (secondary N) is 1. The molecule has 1 aliphatic heterocycles. The van der Waals surface area contributed by atoms with Crippen molar-refractivity contribution in [2.75, 3.05) is 23.3 Å². The summed E-state index contributed by atoms with van der Waals surface area (Å²) in [6.07, 6.45) is 5.79. The van der Waals surface area contributed by atoms with Crippen LogP contribution in [0.4, 0.5) is 11.4 Å². The Bertz CT molecular complexity index is 751. The second kappa shape index (κ2) is 7.41. The Labute approximate surface area is 151 Å². The summed E-state index contributed by atoms with van der Waals surface area (Å²) in [6.45, 7) is 4.24. The summed E-state index contributed by atoms with van der Waals surface area (Å²) in [5.74, 6) is 0.419. The number of anilines is 2. The second-order valence-electron chi connectivity index (χ2n) is 6.20. The van der Waals surface area contributed by atoms with Crippen LogP contribution >= 0.6 is 23.2 Å². The SMILES string of the molecule is CC1CCCN(c2cncc(C(=O)Nc3ccc(Cl)cc3Cl)c2)C1. The van der Waals surface area contributed by atoms with Gasteiger partial charge in [0.15, 0.2) is 0 Å². The van der Waals surface area contributed by atoms with Crippen LogP contribution in [0.3, 0.4) is 0 Å². The van der Waals surface area contributed by atoms with Crippen LogP contribution < -0.4 is 10.2 Å². The molecular weight excluding hydrogens is 345 g/mol. The summed E-state index contributed by atoms with van der Waals surface area (Å²) in [5.41, 5.74) is 2.02. The summed E-state index contributed by atoms with van der Waals surface area (Å²) >= 11 is 12.0. The van der Waals surface area contributed by atoms with Crippen molar-refractivity contribution < 1.29 is 4.79 Å². The Balaban J connectivity index is 1.76. The van der Waals surface area contributed by atoms with Crippen molar-refractivity contribution in [3.8, 4) is 0 Å². The minimum atomic E-state index is -0.237. The van der Waals surface area contributed by atoms with Crippen LogP contribution in [-0.2, 0) is 0 Å². The number of rotatable bonds is 3. The molecular formula is C18H19Cl2N3O. The van der Waals surface area contributed by atoms with E-state index in [4.69, 9.17) is 23.2 Å². The van der Waals surface area contributed by atoms with Gasteiger partial charge in [-0.2, -0.15) is 0 Å². The van der Waals surface area contributed by atoms with Gasteiger partial charge >= 0.3 is 0 Å². The van der Waals surface area contributed by atoms with Gasteiger partial charge in [0.1, 0.15) is 0 Å². The molecule has 126 valence electrons. The van der Waals surface area contributed by atoms with Crippen LogP contribution in [0, 0.1) is 5.92 Å². The fourth-order valence-electron chi connectivity index (χ4n) is 2.93. The Morgan fingerprint density at radius 3 is 2.88 bits per heavy atom. The first-order chi connectivity index (χ1) is 11.5. The minimum Gasteiger partial charge on any atom is -0.370 e. The molecule has 0 spiro atoms. The summed E-state index contributed by atoms with van der Waals surface area (Å²) < 4.78 is 0. The zero-order valence-electron chi connectivity index (χ0n) is 13.4. The van der Waals surface area contributed by atoms with Crippen molar-refractivity contribution in [2.24, 2.45) is 5.92 Å². The third kappa shape index (κ3) is 4.00. The van der Waals surface area contributed by atoms with Crippen LogP contribution in [0.5, 0.6) is 0 Å². The highest BCUT2D eigenvalue weighted by Crippen LogP contribution is 2.27. The number of carbonyl (C=O) groups is 1. The lowest BCUT2D eigenvalue weighted by atomic mass is 10.00. The molecule has 1 atom stereocenters. The van der Waals surface area contributed by atoms with Gasteiger partial charge in [0, 0.05) is 24.3 Å². The highest BCUT2D eigenvalue weighted by Gasteiger charge is 2.18. The molecule has 0 aliphatic carbocycles. The topological polar surface area (TPSA) is 45.2 Å². The number of benzene rings is 1. The molecule has 6 heteroatoms. The predicted octanol–water partition coefficient (Wildman–Crippen LogP) is 4.88. The number of carbonyl (C=O) groups excluding carboxylic acids is 1. The normalized spacial score (nSPS) is 17.6. The molecule has 1 aromatic heterocycles. The smallest absolute Gasteiger partial charge is 0.257 e. The highest BCUT2D eigenvalue weighted by molar-refractivity contribution is 6.36. The van der Waals surface area contributed by atoms with Crippen LogP contribution in [0.15, 0.2) is 36.7 Å². The molecule has 2 aromatic rings. The lowest BCUT2D eigenvalue weighted by Gasteiger charge is -2.32. The number of nitrogens with zero attached hydrogens (tertiary/aromatic N) is 2. The third-order valence-electron chi connectivity index (χ3n) is 4.19. The van der Waals surface area contributed by atoms with E-state index in [2.05, 4.69) is 22.1 Å². The summed E-state index contributed by atoms with van der Waals surface area (Å²) in [6, 6.07) is 6.85. The van der Waals surface area contributed by atoms with Crippen LogP contribution in [-0.4, -0.2) is 24.0 Å². The zero-order valence-corrected chi connectivity index (χ0v) is 14.9. The molecule has 0 saturated carbocycles. The van der Waals surface area contributed by atoms with Gasteiger partial charge in [-0.25, -0.2) is 0 Å². The molecule has 1 aliphatic rings. The van der Waals surface area contributed by atoms with E-state index in [1.807, 2.05) is 12.3 Å². The van der Waals surface area contributed by atoms with Crippen molar-refractivity contribution in [3.05, 3.63) is 52.3 Å². The number of halogens is 2. The van der Waals surface area contributed by atoms with Crippen molar-refractivity contribution in [1.29, 1.82) is 0 Å². The average Bonchev–Trinajstić information content (AvgIpc) is 2.57. The number of amides is 1. The standard InChI is InChI=1S/C18H19Cl2N3O/c1-12-3-2-6-23(11-12)15-7-13(9-21-10-15)18(24)22-17-5-4-14(19)8-16(17)20/h4-5,7-10,12H,2-3,6,11H2,1H3,(H,22,24). The fraction of sp³-hybridized carbons (Fsp3) is 0.333. The molecule has 1 fully saturated rings. The van der Waals surface area contributed by atoms with E-state index < -0.39 is 0 Å².